The molecule has 0 radical (unpaired) electrons. The minimum Gasteiger partial charge on any atom is -0.378 e. The second-order valence-corrected chi connectivity index (χ2v) is 8.02. The molecule has 134 valence electrons. The standard InChI is InChI=1S/C21H30N3O/c1-5-17-11-19-15(2)10-16(3)22-21(19)20(12-17)24(4)8-6-23(7-9-24)18-13-25-14-18/h10-12,18H,5-9,13-14H2,1-4H3/q+1. The Balaban J connectivity index is 1.74. The lowest BCUT2D eigenvalue weighted by Crippen LogP contribution is -2.63. The molecule has 1 aromatic heterocycles. The summed E-state index contributed by atoms with van der Waals surface area (Å²) < 4.78 is 6.37. The van der Waals surface area contributed by atoms with Crippen molar-refractivity contribution in [1.82, 2.24) is 14.4 Å². The lowest BCUT2D eigenvalue weighted by Gasteiger charge is -2.46. The van der Waals surface area contributed by atoms with E-state index in [0.29, 0.717) is 6.04 Å². The first-order valence-corrected chi connectivity index (χ1v) is 9.58. The van der Waals surface area contributed by atoms with E-state index in [1.165, 1.54) is 27.7 Å². The van der Waals surface area contributed by atoms with Crippen LogP contribution in [-0.2, 0) is 11.2 Å². The van der Waals surface area contributed by atoms with Crippen LogP contribution < -0.4 is 4.48 Å². The number of hydrogen-bond acceptors (Lipinski definition) is 3. The van der Waals surface area contributed by atoms with Crippen LogP contribution in [0, 0.1) is 13.8 Å². The van der Waals surface area contributed by atoms with Gasteiger partial charge in [-0.05, 0) is 43.5 Å². The van der Waals surface area contributed by atoms with E-state index < -0.39 is 0 Å². The van der Waals surface area contributed by atoms with Crippen molar-refractivity contribution in [3.05, 3.63) is 35.0 Å². The number of quaternary nitrogens is 1. The number of pyridine rings is 1. The minimum absolute atomic E-state index is 0.648. The maximum atomic E-state index is 5.38. The molecular weight excluding hydrogens is 310 g/mol. The highest BCUT2D eigenvalue weighted by Gasteiger charge is 2.37. The van der Waals surface area contributed by atoms with Gasteiger partial charge in [0.05, 0.1) is 39.4 Å². The van der Waals surface area contributed by atoms with E-state index in [-0.39, 0.29) is 0 Å². The average molecular weight is 340 g/mol. The number of aromatic nitrogens is 1. The minimum atomic E-state index is 0.648. The van der Waals surface area contributed by atoms with Crippen molar-refractivity contribution in [2.24, 2.45) is 0 Å². The van der Waals surface area contributed by atoms with E-state index in [1.54, 1.807) is 0 Å². The fourth-order valence-corrected chi connectivity index (χ4v) is 4.27. The number of benzene rings is 1. The number of ether oxygens (including phenoxy) is 1. The van der Waals surface area contributed by atoms with Gasteiger partial charge in [0.1, 0.15) is 5.52 Å². The Hall–Kier alpha value is -1.49. The van der Waals surface area contributed by atoms with Crippen LogP contribution in [0.1, 0.15) is 23.7 Å². The van der Waals surface area contributed by atoms with Crippen LogP contribution in [-0.4, -0.2) is 62.4 Å². The molecule has 0 bridgehead atoms. The van der Waals surface area contributed by atoms with E-state index in [2.05, 4.69) is 50.9 Å². The van der Waals surface area contributed by atoms with Crippen LogP contribution in [0.25, 0.3) is 10.9 Å². The van der Waals surface area contributed by atoms with Gasteiger partial charge in [0.15, 0.2) is 5.69 Å². The van der Waals surface area contributed by atoms with Gasteiger partial charge < -0.3 is 4.74 Å². The Morgan fingerprint density at radius 2 is 1.88 bits per heavy atom. The zero-order valence-corrected chi connectivity index (χ0v) is 16.0. The molecule has 2 aliphatic heterocycles. The quantitative estimate of drug-likeness (QED) is 0.803. The highest BCUT2D eigenvalue weighted by Crippen LogP contribution is 2.34. The Labute approximate surface area is 151 Å². The SMILES string of the molecule is CCc1cc([N+]2(C)CCN(C3COC3)CC2)c2nc(C)cc(C)c2c1. The summed E-state index contributed by atoms with van der Waals surface area (Å²) in [5, 5.41) is 1.33. The molecule has 4 nitrogen and oxygen atoms in total. The van der Waals surface area contributed by atoms with Gasteiger partial charge in [-0.15, -0.1) is 0 Å². The fraction of sp³-hybridized carbons (Fsp3) is 0.571. The van der Waals surface area contributed by atoms with E-state index in [4.69, 9.17) is 9.72 Å². The van der Waals surface area contributed by atoms with Crippen molar-refractivity contribution in [2.45, 2.75) is 33.2 Å². The number of rotatable bonds is 3. The maximum Gasteiger partial charge on any atom is 0.159 e. The number of hydrogen-bond donors (Lipinski definition) is 0. The van der Waals surface area contributed by atoms with Crippen LogP contribution in [0.4, 0.5) is 5.69 Å². The van der Waals surface area contributed by atoms with E-state index in [0.717, 1.165) is 56.0 Å². The summed E-state index contributed by atoms with van der Waals surface area (Å²) in [6, 6.07) is 7.61. The molecule has 2 fully saturated rings. The monoisotopic (exact) mass is 340 g/mol. The Morgan fingerprint density at radius 1 is 1.16 bits per heavy atom. The van der Waals surface area contributed by atoms with Gasteiger partial charge in [0.25, 0.3) is 0 Å². The van der Waals surface area contributed by atoms with Crippen molar-refractivity contribution < 1.29 is 4.74 Å². The Kier molecular flexibility index (Phi) is 4.30. The molecule has 4 rings (SSSR count). The lowest BCUT2D eigenvalue weighted by atomic mass is 10.0. The average Bonchev–Trinajstić information content (AvgIpc) is 2.54. The van der Waals surface area contributed by atoms with Gasteiger partial charge in [0.2, 0.25) is 0 Å². The molecule has 25 heavy (non-hydrogen) atoms. The van der Waals surface area contributed by atoms with Crippen LogP contribution >= 0.6 is 0 Å². The van der Waals surface area contributed by atoms with Crippen LogP contribution in [0.2, 0.25) is 0 Å². The first-order chi connectivity index (χ1) is 12.0. The Morgan fingerprint density at radius 3 is 2.48 bits per heavy atom. The molecule has 0 atom stereocenters. The summed E-state index contributed by atoms with van der Waals surface area (Å²) in [6.45, 7) is 13.0. The summed E-state index contributed by atoms with van der Waals surface area (Å²) in [6.07, 6.45) is 1.07. The zero-order valence-electron chi connectivity index (χ0n) is 16.0. The largest absolute Gasteiger partial charge is 0.378 e. The number of piperazine rings is 1. The van der Waals surface area contributed by atoms with Crippen LogP contribution in [0.3, 0.4) is 0 Å². The molecule has 2 saturated heterocycles. The van der Waals surface area contributed by atoms with Crippen molar-refractivity contribution in [3.8, 4) is 0 Å². The predicted octanol–water partition coefficient (Wildman–Crippen LogP) is 3.07. The smallest absolute Gasteiger partial charge is 0.159 e. The predicted molar refractivity (Wildman–Crippen MR) is 104 cm³/mol. The van der Waals surface area contributed by atoms with Crippen molar-refractivity contribution >= 4 is 16.6 Å². The number of aryl methyl sites for hydroxylation is 3. The molecule has 2 aromatic rings. The van der Waals surface area contributed by atoms with Gasteiger partial charge in [-0.2, -0.15) is 0 Å². The van der Waals surface area contributed by atoms with Gasteiger partial charge in [-0.3, -0.25) is 9.38 Å². The normalized spacial score (nSPS) is 21.4. The molecule has 3 heterocycles. The second-order valence-electron chi connectivity index (χ2n) is 8.02. The third-order valence-electron chi connectivity index (χ3n) is 6.18. The van der Waals surface area contributed by atoms with E-state index in [9.17, 15) is 0 Å². The summed E-state index contributed by atoms with van der Waals surface area (Å²) in [4.78, 5) is 7.57. The number of fused-ring (bicyclic) bond motifs is 1. The van der Waals surface area contributed by atoms with Gasteiger partial charge in [0, 0.05) is 30.2 Å². The molecule has 4 heteroatoms. The Bertz CT molecular complexity index is 789. The number of nitrogens with zero attached hydrogens (tertiary/aromatic N) is 3. The molecule has 0 spiro atoms. The van der Waals surface area contributed by atoms with Gasteiger partial charge in [-0.25, -0.2) is 4.98 Å². The first-order valence-electron chi connectivity index (χ1n) is 9.58. The topological polar surface area (TPSA) is 25.4 Å². The second kappa shape index (κ2) is 6.35. The summed E-state index contributed by atoms with van der Waals surface area (Å²) in [7, 11) is 2.39. The number of likely N-dealkylation sites (N-methyl/N-ethyl adjacent to an activating group) is 1. The van der Waals surface area contributed by atoms with E-state index in [1.807, 2.05) is 0 Å². The zero-order chi connectivity index (χ0) is 17.6. The maximum absolute atomic E-state index is 5.38. The highest BCUT2D eigenvalue weighted by molar-refractivity contribution is 5.93. The van der Waals surface area contributed by atoms with Gasteiger partial charge >= 0.3 is 0 Å². The third-order valence-corrected chi connectivity index (χ3v) is 6.18. The first kappa shape index (κ1) is 17.0. The van der Waals surface area contributed by atoms with Crippen LogP contribution in [0.5, 0.6) is 0 Å². The van der Waals surface area contributed by atoms with Crippen molar-refractivity contribution in [2.75, 3.05) is 46.4 Å². The molecule has 0 N–H and O–H groups in total. The van der Waals surface area contributed by atoms with Crippen molar-refractivity contribution in [3.63, 3.8) is 0 Å². The summed E-state index contributed by atoms with van der Waals surface area (Å²) in [5.41, 5.74) is 6.50. The van der Waals surface area contributed by atoms with Crippen molar-refractivity contribution in [1.29, 1.82) is 0 Å². The molecule has 0 aliphatic carbocycles. The summed E-state index contributed by atoms with van der Waals surface area (Å²) in [5.74, 6) is 0. The molecule has 0 amide bonds. The third kappa shape index (κ3) is 2.97. The fourth-order valence-electron chi connectivity index (χ4n) is 4.27. The molecule has 1 aromatic carbocycles. The summed E-state index contributed by atoms with van der Waals surface area (Å²) >= 11 is 0. The molecule has 0 unspecified atom stereocenters. The van der Waals surface area contributed by atoms with Gasteiger partial charge in [-0.1, -0.05) is 6.92 Å². The van der Waals surface area contributed by atoms with Crippen LogP contribution in [0.15, 0.2) is 18.2 Å². The highest BCUT2D eigenvalue weighted by atomic mass is 16.5. The lowest BCUT2D eigenvalue weighted by molar-refractivity contribution is -0.0746. The molecule has 2 aliphatic rings. The van der Waals surface area contributed by atoms with E-state index >= 15 is 0 Å². The molecule has 0 saturated carbocycles. The molecular formula is C21H30N3O+.